The molecule has 6 heteroatoms. The van der Waals surface area contributed by atoms with Crippen molar-refractivity contribution in [3.05, 3.63) is 54.1 Å². The molecule has 2 aromatic rings. The third kappa shape index (κ3) is 5.36. The molecule has 2 aromatic carbocycles. The van der Waals surface area contributed by atoms with E-state index in [0.717, 1.165) is 56.4 Å². The van der Waals surface area contributed by atoms with E-state index in [1.807, 2.05) is 18.2 Å². The lowest BCUT2D eigenvalue weighted by atomic mass is 9.93. The van der Waals surface area contributed by atoms with Gasteiger partial charge in [-0.3, -0.25) is 14.5 Å². The fourth-order valence-corrected chi connectivity index (χ4v) is 3.94. The molecule has 0 fully saturated rings. The number of ether oxygens (including phenoxy) is 2. The predicted molar refractivity (Wildman–Crippen MR) is 124 cm³/mol. The second kappa shape index (κ2) is 11.5. The molecule has 0 radical (unpaired) electrons. The second-order valence-electron chi connectivity index (χ2n) is 7.94. The summed E-state index contributed by atoms with van der Waals surface area (Å²) in [6, 6.07) is 9.10. The number of hydrogen-bond acceptors (Lipinski definition) is 5. The highest BCUT2D eigenvalue weighted by molar-refractivity contribution is 6.26. The minimum atomic E-state index is -0.409. The largest absolute Gasteiger partial charge is 0.493 e. The van der Waals surface area contributed by atoms with Crippen molar-refractivity contribution in [1.82, 2.24) is 4.90 Å². The number of imide groups is 1. The quantitative estimate of drug-likeness (QED) is 0.184. The molecule has 0 aromatic heterocycles. The summed E-state index contributed by atoms with van der Waals surface area (Å²) in [7, 11) is 0. The highest BCUT2D eigenvalue weighted by atomic mass is 16.5. The Bertz CT molecular complexity index is 975. The van der Waals surface area contributed by atoms with E-state index in [4.69, 9.17) is 9.47 Å². The average Bonchev–Trinajstić information content (AvgIpc) is 2.81. The lowest BCUT2D eigenvalue weighted by Crippen LogP contribution is -2.40. The van der Waals surface area contributed by atoms with Crippen LogP contribution < -0.4 is 4.74 Å². The van der Waals surface area contributed by atoms with Crippen LogP contribution >= 0.6 is 0 Å². The molecule has 0 N–H and O–H groups in total. The van der Waals surface area contributed by atoms with Crippen molar-refractivity contribution in [2.45, 2.75) is 51.9 Å². The molecular weight excluding hydrogens is 406 g/mol. The van der Waals surface area contributed by atoms with Gasteiger partial charge >= 0.3 is 5.97 Å². The molecule has 3 rings (SSSR count). The molecule has 1 aliphatic heterocycles. The minimum Gasteiger partial charge on any atom is -0.493 e. The Morgan fingerprint density at radius 2 is 1.66 bits per heavy atom. The van der Waals surface area contributed by atoms with Gasteiger partial charge in [0.1, 0.15) is 5.75 Å². The third-order valence-corrected chi connectivity index (χ3v) is 5.64. The number of carbonyl (C=O) groups is 3. The first-order valence-corrected chi connectivity index (χ1v) is 11.4. The highest BCUT2D eigenvalue weighted by Gasteiger charge is 2.33. The minimum absolute atomic E-state index is 0.226. The average molecular weight is 438 g/mol. The van der Waals surface area contributed by atoms with Gasteiger partial charge in [0.25, 0.3) is 11.8 Å². The molecule has 1 heterocycles. The molecule has 170 valence electrons. The van der Waals surface area contributed by atoms with E-state index in [9.17, 15) is 14.4 Å². The Morgan fingerprint density at radius 1 is 0.938 bits per heavy atom. The van der Waals surface area contributed by atoms with Crippen LogP contribution in [0.2, 0.25) is 0 Å². The van der Waals surface area contributed by atoms with Crippen LogP contribution in [-0.2, 0) is 9.53 Å². The molecule has 6 nitrogen and oxygen atoms in total. The molecule has 32 heavy (non-hydrogen) atoms. The van der Waals surface area contributed by atoms with Crippen LogP contribution in [0.3, 0.4) is 0 Å². The molecule has 0 spiro atoms. The lowest BCUT2D eigenvalue weighted by Gasteiger charge is -2.27. The van der Waals surface area contributed by atoms with Gasteiger partial charge in [-0.05, 0) is 43.9 Å². The summed E-state index contributed by atoms with van der Waals surface area (Å²) >= 11 is 0. The van der Waals surface area contributed by atoms with Crippen LogP contribution in [0.4, 0.5) is 0 Å². The molecule has 0 saturated heterocycles. The first kappa shape index (κ1) is 23.5. The zero-order valence-corrected chi connectivity index (χ0v) is 18.7. The number of rotatable bonds is 13. The van der Waals surface area contributed by atoms with E-state index >= 15 is 0 Å². The van der Waals surface area contributed by atoms with Gasteiger partial charge < -0.3 is 9.47 Å². The van der Waals surface area contributed by atoms with Crippen molar-refractivity contribution in [2.75, 3.05) is 19.8 Å². The van der Waals surface area contributed by atoms with Gasteiger partial charge in [-0.1, -0.05) is 44.9 Å². The lowest BCUT2D eigenvalue weighted by molar-refractivity contribution is -0.137. The zero-order valence-electron chi connectivity index (χ0n) is 18.7. The monoisotopic (exact) mass is 437 g/mol. The van der Waals surface area contributed by atoms with E-state index in [0.29, 0.717) is 42.0 Å². The molecular formula is C26H31NO5. The van der Waals surface area contributed by atoms with Crippen molar-refractivity contribution in [1.29, 1.82) is 0 Å². The fourth-order valence-electron chi connectivity index (χ4n) is 3.94. The Balaban J connectivity index is 1.65. The second-order valence-corrected chi connectivity index (χ2v) is 7.94. The van der Waals surface area contributed by atoms with Crippen molar-refractivity contribution < 1.29 is 23.9 Å². The third-order valence-electron chi connectivity index (χ3n) is 5.64. The van der Waals surface area contributed by atoms with Crippen LogP contribution in [0.5, 0.6) is 5.75 Å². The summed E-state index contributed by atoms with van der Waals surface area (Å²) in [5.74, 6) is -0.194. The SMILES string of the molecule is C=CC(=O)OCCCCCOc1ccc2c3c(cccc13)C(=O)N(CCCCCC)C2=O. The van der Waals surface area contributed by atoms with Crippen molar-refractivity contribution >= 4 is 28.6 Å². The van der Waals surface area contributed by atoms with Crippen LogP contribution in [0.1, 0.15) is 72.6 Å². The standard InChI is InChI=1S/C26H31NO5/c1-3-5-6-8-16-27-25(29)20-13-11-12-19-22(15-14-21(24(19)20)26(27)30)31-17-9-7-10-18-32-23(28)4-2/h4,11-15H,2-3,5-10,16-18H2,1H3. The molecule has 0 unspecified atom stereocenters. The predicted octanol–water partition coefficient (Wildman–Crippen LogP) is 5.29. The number of benzene rings is 2. The maximum atomic E-state index is 13.0. The summed E-state index contributed by atoms with van der Waals surface area (Å²) in [5, 5.41) is 1.47. The topological polar surface area (TPSA) is 72.9 Å². The summed E-state index contributed by atoms with van der Waals surface area (Å²) < 4.78 is 10.9. The van der Waals surface area contributed by atoms with Gasteiger partial charge in [0, 0.05) is 34.5 Å². The molecule has 0 bridgehead atoms. The number of unbranched alkanes of at least 4 members (excludes halogenated alkanes) is 5. The summed E-state index contributed by atoms with van der Waals surface area (Å²) in [6.45, 7) is 6.82. The summed E-state index contributed by atoms with van der Waals surface area (Å²) in [5.41, 5.74) is 1.11. The van der Waals surface area contributed by atoms with Crippen LogP contribution in [0.25, 0.3) is 10.8 Å². The fraction of sp³-hybridized carbons (Fsp3) is 0.423. The van der Waals surface area contributed by atoms with Gasteiger partial charge in [0.05, 0.1) is 13.2 Å². The first-order valence-electron chi connectivity index (χ1n) is 11.4. The molecule has 2 amide bonds. The van der Waals surface area contributed by atoms with Gasteiger partial charge in [0.15, 0.2) is 0 Å². The van der Waals surface area contributed by atoms with Crippen molar-refractivity contribution in [3.63, 3.8) is 0 Å². The van der Waals surface area contributed by atoms with Crippen LogP contribution in [0.15, 0.2) is 43.0 Å². The van der Waals surface area contributed by atoms with Crippen LogP contribution in [0, 0.1) is 0 Å². The number of amides is 2. The van der Waals surface area contributed by atoms with Gasteiger partial charge in [-0.25, -0.2) is 4.79 Å². The molecule has 1 aliphatic rings. The van der Waals surface area contributed by atoms with Gasteiger partial charge in [-0.15, -0.1) is 0 Å². The molecule has 0 aliphatic carbocycles. The van der Waals surface area contributed by atoms with Crippen LogP contribution in [-0.4, -0.2) is 42.4 Å². The first-order chi connectivity index (χ1) is 15.6. The summed E-state index contributed by atoms with van der Waals surface area (Å²) in [4.78, 5) is 38.5. The maximum Gasteiger partial charge on any atom is 0.330 e. The number of esters is 1. The smallest absolute Gasteiger partial charge is 0.330 e. The zero-order chi connectivity index (χ0) is 22.9. The normalized spacial score (nSPS) is 12.8. The van der Waals surface area contributed by atoms with Crippen molar-refractivity contribution in [3.8, 4) is 5.75 Å². The van der Waals surface area contributed by atoms with Gasteiger partial charge in [-0.2, -0.15) is 0 Å². The Labute approximate surface area is 189 Å². The Kier molecular flexibility index (Phi) is 8.42. The van der Waals surface area contributed by atoms with E-state index in [1.165, 1.54) is 4.90 Å². The Morgan fingerprint density at radius 3 is 2.41 bits per heavy atom. The van der Waals surface area contributed by atoms with Crippen molar-refractivity contribution in [2.24, 2.45) is 0 Å². The number of carbonyl (C=O) groups excluding carboxylic acids is 3. The maximum absolute atomic E-state index is 13.0. The van der Waals surface area contributed by atoms with E-state index < -0.39 is 5.97 Å². The highest BCUT2D eigenvalue weighted by Crippen LogP contribution is 2.35. The molecule has 0 atom stereocenters. The number of hydrogen-bond donors (Lipinski definition) is 0. The Hall–Kier alpha value is -3.15. The van der Waals surface area contributed by atoms with Gasteiger partial charge in [0.2, 0.25) is 0 Å². The van der Waals surface area contributed by atoms with E-state index in [-0.39, 0.29) is 11.8 Å². The van der Waals surface area contributed by atoms with E-state index in [1.54, 1.807) is 12.1 Å². The van der Waals surface area contributed by atoms with E-state index in [2.05, 4.69) is 13.5 Å². The number of nitrogens with zero attached hydrogens (tertiary/aromatic N) is 1. The summed E-state index contributed by atoms with van der Waals surface area (Å²) in [6.07, 6.45) is 7.61. The molecule has 0 saturated carbocycles.